The van der Waals surface area contributed by atoms with Gasteiger partial charge in [0, 0.05) is 31.6 Å². The maximum atomic E-state index is 5.60. The Morgan fingerprint density at radius 1 is 1.59 bits per heavy atom. The van der Waals surface area contributed by atoms with Crippen molar-refractivity contribution in [3.63, 3.8) is 0 Å². The summed E-state index contributed by atoms with van der Waals surface area (Å²) in [5, 5.41) is 7.78. The van der Waals surface area contributed by atoms with Crippen molar-refractivity contribution in [2.45, 2.75) is 32.2 Å². The van der Waals surface area contributed by atoms with Crippen molar-refractivity contribution in [1.82, 2.24) is 15.1 Å². The number of nitrogens with zero attached hydrogens (tertiary/aromatic N) is 2. The third-order valence-corrected chi connectivity index (χ3v) is 3.63. The highest BCUT2D eigenvalue weighted by atomic mass is 16.5. The number of rotatable bonds is 5. The van der Waals surface area contributed by atoms with E-state index in [2.05, 4.69) is 23.4 Å². The monoisotopic (exact) mass is 237 g/mol. The molecule has 4 heteroatoms. The number of hydrogen-bond acceptors (Lipinski definition) is 3. The van der Waals surface area contributed by atoms with E-state index in [-0.39, 0.29) is 0 Å². The summed E-state index contributed by atoms with van der Waals surface area (Å²) >= 11 is 0. The van der Waals surface area contributed by atoms with Crippen molar-refractivity contribution < 1.29 is 4.74 Å². The van der Waals surface area contributed by atoms with Crippen LogP contribution in [0.5, 0.6) is 0 Å². The second kappa shape index (κ2) is 6.17. The van der Waals surface area contributed by atoms with Gasteiger partial charge in [-0.15, -0.1) is 0 Å². The van der Waals surface area contributed by atoms with Gasteiger partial charge in [-0.05, 0) is 37.8 Å². The Bertz CT molecular complexity index is 335. The van der Waals surface area contributed by atoms with Gasteiger partial charge in [0.2, 0.25) is 0 Å². The molecule has 1 fully saturated rings. The molecule has 0 radical (unpaired) electrons. The van der Waals surface area contributed by atoms with E-state index < -0.39 is 0 Å². The molecule has 1 saturated heterocycles. The molecule has 1 N–H and O–H groups in total. The Kier molecular flexibility index (Phi) is 4.57. The van der Waals surface area contributed by atoms with Crippen LogP contribution >= 0.6 is 0 Å². The number of aryl methyl sites for hydroxylation is 2. The smallest absolute Gasteiger partial charge is 0.0509 e. The fourth-order valence-electron chi connectivity index (χ4n) is 2.59. The first kappa shape index (κ1) is 12.6. The Labute approximate surface area is 103 Å². The van der Waals surface area contributed by atoms with E-state index in [1.807, 2.05) is 17.9 Å². The first-order valence-corrected chi connectivity index (χ1v) is 6.59. The molecule has 2 unspecified atom stereocenters. The Morgan fingerprint density at radius 3 is 3.18 bits per heavy atom. The van der Waals surface area contributed by atoms with E-state index in [4.69, 9.17) is 4.74 Å². The molecule has 17 heavy (non-hydrogen) atoms. The van der Waals surface area contributed by atoms with Crippen LogP contribution < -0.4 is 5.32 Å². The van der Waals surface area contributed by atoms with Gasteiger partial charge in [-0.25, -0.2) is 0 Å². The van der Waals surface area contributed by atoms with Gasteiger partial charge >= 0.3 is 0 Å². The van der Waals surface area contributed by atoms with Crippen LogP contribution in [-0.2, 0) is 18.2 Å². The van der Waals surface area contributed by atoms with Crippen molar-refractivity contribution in [3.8, 4) is 0 Å². The van der Waals surface area contributed by atoms with E-state index in [0.717, 1.165) is 32.6 Å². The summed E-state index contributed by atoms with van der Waals surface area (Å²) in [5.74, 6) is 0.638. The van der Waals surface area contributed by atoms with Gasteiger partial charge < -0.3 is 10.1 Å². The lowest BCUT2D eigenvalue weighted by Gasteiger charge is -2.32. The molecule has 4 nitrogen and oxygen atoms in total. The molecule has 0 bridgehead atoms. The van der Waals surface area contributed by atoms with Crippen molar-refractivity contribution in [3.05, 3.63) is 18.0 Å². The maximum absolute atomic E-state index is 5.60. The molecule has 0 aromatic carbocycles. The minimum absolute atomic E-state index is 0.627. The Hall–Kier alpha value is -0.870. The molecule has 0 saturated carbocycles. The molecule has 1 aromatic rings. The third kappa shape index (κ3) is 3.30. The fraction of sp³-hybridized carbons (Fsp3) is 0.769. The highest BCUT2D eigenvalue weighted by Gasteiger charge is 2.24. The zero-order valence-electron chi connectivity index (χ0n) is 10.9. The van der Waals surface area contributed by atoms with Crippen LogP contribution in [0.1, 0.15) is 25.5 Å². The van der Waals surface area contributed by atoms with Gasteiger partial charge in [0.1, 0.15) is 0 Å². The molecule has 1 aliphatic heterocycles. The van der Waals surface area contributed by atoms with Crippen LogP contribution in [0.15, 0.2) is 12.3 Å². The van der Waals surface area contributed by atoms with Crippen molar-refractivity contribution in [1.29, 1.82) is 0 Å². The molecule has 0 spiro atoms. The summed E-state index contributed by atoms with van der Waals surface area (Å²) < 4.78 is 7.56. The van der Waals surface area contributed by atoms with Gasteiger partial charge in [0.15, 0.2) is 0 Å². The number of aromatic nitrogens is 2. The first-order chi connectivity index (χ1) is 8.31. The lowest BCUT2D eigenvalue weighted by molar-refractivity contribution is 0.0292. The van der Waals surface area contributed by atoms with Gasteiger partial charge in [-0.3, -0.25) is 4.68 Å². The second-order valence-corrected chi connectivity index (χ2v) is 4.77. The minimum Gasteiger partial charge on any atom is -0.381 e. The van der Waals surface area contributed by atoms with Gasteiger partial charge in [-0.2, -0.15) is 5.10 Å². The summed E-state index contributed by atoms with van der Waals surface area (Å²) in [7, 11) is 2.01. The van der Waals surface area contributed by atoms with Crippen molar-refractivity contribution in [2.24, 2.45) is 13.0 Å². The second-order valence-electron chi connectivity index (χ2n) is 4.77. The summed E-state index contributed by atoms with van der Waals surface area (Å²) in [6, 6.07) is 2.73. The molecule has 2 heterocycles. The largest absolute Gasteiger partial charge is 0.381 e. The van der Waals surface area contributed by atoms with Crippen LogP contribution in [0.2, 0.25) is 0 Å². The predicted molar refractivity (Wildman–Crippen MR) is 67.9 cm³/mol. The van der Waals surface area contributed by atoms with E-state index in [1.54, 1.807) is 0 Å². The van der Waals surface area contributed by atoms with E-state index in [1.165, 1.54) is 12.1 Å². The zero-order valence-corrected chi connectivity index (χ0v) is 10.9. The normalized spacial score (nSPS) is 25.1. The highest BCUT2D eigenvalue weighted by molar-refractivity contribution is 5.00. The first-order valence-electron chi connectivity index (χ1n) is 6.59. The van der Waals surface area contributed by atoms with Gasteiger partial charge in [0.05, 0.1) is 6.61 Å². The van der Waals surface area contributed by atoms with E-state index in [0.29, 0.717) is 12.0 Å². The highest BCUT2D eigenvalue weighted by Crippen LogP contribution is 2.20. The van der Waals surface area contributed by atoms with Crippen LogP contribution in [0.4, 0.5) is 0 Å². The van der Waals surface area contributed by atoms with Crippen LogP contribution in [0, 0.1) is 5.92 Å². The van der Waals surface area contributed by atoms with Crippen molar-refractivity contribution >= 4 is 0 Å². The average molecular weight is 237 g/mol. The average Bonchev–Trinajstić information content (AvgIpc) is 2.74. The molecule has 1 aromatic heterocycles. The molecule has 1 aliphatic rings. The Balaban J connectivity index is 1.86. The zero-order chi connectivity index (χ0) is 12.1. The van der Waals surface area contributed by atoms with Crippen LogP contribution in [0.25, 0.3) is 0 Å². The molecular formula is C13H23N3O. The molecule has 96 valence electrons. The van der Waals surface area contributed by atoms with Crippen LogP contribution in [0.3, 0.4) is 0 Å². The maximum Gasteiger partial charge on any atom is 0.0509 e. The number of hydrogen-bond donors (Lipinski definition) is 1. The predicted octanol–water partition coefficient (Wildman–Crippen LogP) is 1.37. The fourth-order valence-corrected chi connectivity index (χ4v) is 2.59. The molecule has 2 rings (SSSR count). The summed E-state index contributed by atoms with van der Waals surface area (Å²) in [6.45, 7) is 5.02. The topological polar surface area (TPSA) is 39.1 Å². The molecular weight excluding hydrogens is 214 g/mol. The van der Waals surface area contributed by atoms with Gasteiger partial charge in [-0.1, -0.05) is 6.92 Å². The summed E-state index contributed by atoms with van der Waals surface area (Å²) in [4.78, 5) is 0. The summed E-state index contributed by atoms with van der Waals surface area (Å²) in [6.07, 6.45) is 5.28. The number of ether oxygens (including phenoxy) is 1. The van der Waals surface area contributed by atoms with Crippen LogP contribution in [-0.4, -0.2) is 35.6 Å². The number of nitrogens with one attached hydrogen (secondary N) is 1. The SMILES string of the molecule is CCNC1CCOCC1CCc1ccnn1C. The van der Waals surface area contributed by atoms with Crippen molar-refractivity contribution in [2.75, 3.05) is 19.8 Å². The standard InChI is InChI=1S/C13H23N3O/c1-3-14-13-7-9-17-10-11(13)4-5-12-6-8-15-16(12)2/h6,8,11,13-14H,3-5,7,9-10H2,1-2H3. The van der Waals surface area contributed by atoms with E-state index >= 15 is 0 Å². The lowest BCUT2D eigenvalue weighted by atomic mass is 9.90. The summed E-state index contributed by atoms with van der Waals surface area (Å²) in [5.41, 5.74) is 1.31. The Morgan fingerprint density at radius 2 is 2.47 bits per heavy atom. The molecule has 0 aliphatic carbocycles. The molecule has 0 amide bonds. The van der Waals surface area contributed by atoms with Gasteiger partial charge in [0.25, 0.3) is 0 Å². The quantitative estimate of drug-likeness (QED) is 0.840. The third-order valence-electron chi connectivity index (χ3n) is 3.63. The lowest BCUT2D eigenvalue weighted by Crippen LogP contribution is -2.42. The molecule has 2 atom stereocenters. The van der Waals surface area contributed by atoms with E-state index in [9.17, 15) is 0 Å². The minimum atomic E-state index is 0.627.